The van der Waals surface area contributed by atoms with Crippen LogP contribution >= 0.6 is 0 Å². The van der Waals surface area contributed by atoms with Gasteiger partial charge in [-0.3, -0.25) is 9.69 Å². The summed E-state index contributed by atoms with van der Waals surface area (Å²) in [7, 11) is 3.53. The number of carbonyl (C=O) groups is 2. The average molecular weight is 372 g/mol. The third-order valence-electron chi connectivity index (χ3n) is 4.82. The van der Waals surface area contributed by atoms with E-state index in [9.17, 15) is 9.59 Å². The molecule has 0 bridgehead atoms. The molecule has 0 saturated heterocycles. The van der Waals surface area contributed by atoms with E-state index >= 15 is 0 Å². The fourth-order valence-corrected chi connectivity index (χ4v) is 3.15. The van der Waals surface area contributed by atoms with Gasteiger partial charge in [-0.25, -0.2) is 4.79 Å². The molecular weight excluding hydrogens is 344 g/mol. The van der Waals surface area contributed by atoms with Gasteiger partial charge in [0.2, 0.25) is 0 Å². The molecule has 1 aromatic heterocycles. The van der Waals surface area contributed by atoms with Gasteiger partial charge in [-0.1, -0.05) is 18.2 Å². The van der Waals surface area contributed by atoms with Gasteiger partial charge in [-0.05, 0) is 46.4 Å². The Kier molecular flexibility index (Phi) is 6.80. The second kappa shape index (κ2) is 8.86. The van der Waals surface area contributed by atoms with Gasteiger partial charge in [0.25, 0.3) is 0 Å². The second-order valence-corrected chi connectivity index (χ2v) is 6.61. The quantitative estimate of drug-likeness (QED) is 0.567. The number of nitrogens with zero attached hydrogens (tertiary/aromatic N) is 1. The van der Waals surface area contributed by atoms with Crippen LogP contribution in [-0.4, -0.2) is 48.4 Å². The maximum atomic E-state index is 13.0. The fourth-order valence-electron chi connectivity index (χ4n) is 3.15. The summed E-state index contributed by atoms with van der Waals surface area (Å²) in [4.78, 5) is 30.2. The molecule has 1 aromatic carbocycles. The van der Waals surface area contributed by atoms with E-state index < -0.39 is 5.97 Å². The van der Waals surface area contributed by atoms with E-state index in [4.69, 9.17) is 9.47 Å². The number of ketones is 1. The zero-order valence-electron chi connectivity index (χ0n) is 16.9. The van der Waals surface area contributed by atoms with Crippen molar-refractivity contribution in [2.24, 2.45) is 0 Å². The summed E-state index contributed by atoms with van der Waals surface area (Å²) in [5, 5.41) is 0. The Labute approximate surface area is 160 Å². The maximum Gasteiger partial charge on any atom is 0.340 e. The number of hydrogen-bond acceptors (Lipinski definition) is 5. The van der Waals surface area contributed by atoms with Gasteiger partial charge in [-0.2, -0.15) is 0 Å². The third kappa shape index (κ3) is 4.39. The van der Waals surface area contributed by atoms with E-state index in [1.54, 1.807) is 27.9 Å². The smallest absolute Gasteiger partial charge is 0.340 e. The molecule has 0 unspecified atom stereocenters. The van der Waals surface area contributed by atoms with Crippen LogP contribution in [-0.2, 0) is 11.3 Å². The van der Waals surface area contributed by atoms with Crippen LogP contribution < -0.4 is 4.74 Å². The molecule has 6 heteroatoms. The lowest BCUT2D eigenvalue weighted by atomic mass is 10.0. The molecule has 1 atom stereocenters. The largest absolute Gasteiger partial charge is 0.496 e. The van der Waals surface area contributed by atoms with Gasteiger partial charge in [0.05, 0.1) is 31.0 Å². The number of rotatable bonds is 8. The highest BCUT2D eigenvalue weighted by molar-refractivity contribution is 6.03. The van der Waals surface area contributed by atoms with Gasteiger partial charge in [0.15, 0.2) is 5.78 Å². The van der Waals surface area contributed by atoms with E-state index in [-0.39, 0.29) is 11.8 Å². The van der Waals surface area contributed by atoms with Crippen molar-refractivity contribution in [3.63, 3.8) is 0 Å². The number of para-hydroxylation sites is 1. The highest BCUT2D eigenvalue weighted by atomic mass is 16.5. The summed E-state index contributed by atoms with van der Waals surface area (Å²) in [6, 6.07) is 7.37. The molecule has 6 nitrogen and oxygen atoms in total. The van der Waals surface area contributed by atoms with Crippen LogP contribution in [0.4, 0.5) is 0 Å². The van der Waals surface area contributed by atoms with Crippen molar-refractivity contribution in [2.45, 2.75) is 40.3 Å². The Morgan fingerprint density at radius 1 is 1.22 bits per heavy atom. The summed E-state index contributed by atoms with van der Waals surface area (Å²) < 4.78 is 10.5. The number of methoxy groups -OCH3 is 1. The molecule has 27 heavy (non-hydrogen) atoms. The molecular formula is C21H28N2O4. The molecule has 1 N–H and O–H groups in total. The van der Waals surface area contributed by atoms with Crippen LogP contribution in [0.2, 0.25) is 0 Å². The summed E-state index contributed by atoms with van der Waals surface area (Å²) in [6.45, 7) is 8.04. The van der Waals surface area contributed by atoms with Gasteiger partial charge >= 0.3 is 5.97 Å². The molecule has 0 aliphatic heterocycles. The van der Waals surface area contributed by atoms with Crippen LogP contribution in [0.25, 0.3) is 0 Å². The van der Waals surface area contributed by atoms with Crippen LogP contribution in [0.15, 0.2) is 24.3 Å². The molecule has 0 saturated carbocycles. The number of aromatic amines is 1. The minimum atomic E-state index is -0.405. The van der Waals surface area contributed by atoms with Crippen molar-refractivity contribution in [3.05, 3.63) is 52.3 Å². The summed E-state index contributed by atoms with van der Waals surface area (Å²) in [5.74, 6) is 0.321. The molecule has 1 heterocycles. The van der Waals surface area contributed by atoms with Gasteiger partial charge in [0.1, 0.15) is 5.75 Å². The topological polar surface area (TPSA) is 71.6 Å². The minimum Gasteiger partial charge on any atom is -0.496 e. The molecule has 2 rings (SSSR count). The van der Waals surface area contributed by atoms with E-state index in [2.05, 4.69) is 4.98 Å². The number of Topliss-reactive ketones (excluding diaryl/α,β-unsaturated/α-hetero) is 1. The van der Waals surface area contributed by atoms with Crippen molar-refractivity contribution in [1.82, 2.24) is 9.88 Å². The first-order valence-corrected chi connectivity index (χ1v) is 9.04. The lowest BCUT2D eigenvalue weighted by Gasteiger charge is -2.24. The Balaban J connectivity index is 2.22. The van der Waals surface area contributed by atoms with Crippen molar-refractivity contribution in [3.8, 4) is 5.75 Å². The van der Waals surface area contributed by atoms with Crippen molar-refractivity contribution in [2.75, 3.05) is 20.8 Å². The lowest BCUT2D eigenvalue weighted by Crippen LogP contribution is -2.36. The predicted octanol–water partition coefficient (Wildman–Crippen LogP) is 3.52. The van der Waals surface area contributed by atoms with Crippen LogP contribution in [0, 0.1) is 13.8 Å². The number of ether oxygens (including phenoxy) is 2. The molecule has 0 fully saturated rings. The number of aromatic nitrogens is 1. The number of esters is 1. The first-order valence-electron chi connectivity index (χ1n) is 9.04. The molecule has 0 spiro atoms. The van der Waals surface area contributed by atoms with Crippen LogP contribution in [0.5, 0.6) is 5.75 Å². The zero-order valence-corrected chi connectivity index (χ0v) is 16.9. The number of aryl methyl sites for hydroxylation is 1. The van der Waals surface area contributed by atoms with Crippen molar-refractivity contribution in [1.29, 1.82) is 0 Å². The minimum absolute atomic E-state index is 0.0662. The average Bonchev–Trinajstić information content (AvgIpc) is 2.95. The molecule has 0 radical (unpaired) electrons. The highest BCUT2D eigenvalue weighted by Crippen LogP contribution is 2.23. The normalized spacial score (nSPS) is 12.1. The van der Waals surface area contributed by atoms with Crippen molar-refractivity contribution >= 4 is 11.8 Å². The number of likely N-dealkylation sites (N-methyl/N-ethyl adjacent to an activating group) is 1. The summed E-state index contributed by atoms with van der Waals surface area (Å²) in [5.41, 5.74) is 3.19. The molecule has 0 aliphatic carbocycles. The number of carbonyl (C=O) groups excluding carboxylic acids is 2. The summed E-state index contributed by atoms with van der Waals surface area (Å²) in [6.07, 6.45) is 0. The van der Waals surface area contributed by atoms with Crippen molar-refractivity contribution < 1.29 is 19.1 Å². The molecule has 0 aliphatic rings. The number of H-pyrrole nitrogens is 1. The van der Waals surface area contributed by atoms with Crippen LogP contribution in [0.1, 0.15) is 51.5 Å². The highest BCUT2D eigenvalue weighted by Gasteiger charge is 2.27. The monoisotopic (exact) mass is 372 g/mol. The maximum absolute atomic E-state index is 13.0. The fraction of sp³-hybridized carbons (Fsp3) is 0.429. The number of hydrogen-bond donors (Lipinski definition) is 1. The molecule has 146 valence electrons. The van der Waals surface area contributed by atoms with E-state index in [1.807, 2.05) is 43.1 Å². The Bertz CT molecular complexity index is 826. The molecule has 2 aromatic rings. The molecule has 0 amide bonds. The standard InChI is InChI=1S/C21H28N2O4/c1-7-27-21(25)18-13(2)19(22-14(18)3)20(24)15(4)23(5)12-16-10-8-9-11-17(16)26-6/h8-11,15,22H,7,12H2,1-6H3/t15-/m0/s1. The predicted molar refractivity (Wildman–Crippen MR) is 104 cm³/mol. The van der Waals surface area contributed by atoms with Gasteiger partial charge in [-0.15, -0.1) is 0 Å². The Hall–Kier alpha value is -2.60. The SMILES string of the molecule is CCOC(=O)c1c(C)[nH]c(C(=O)[C@H](C)N(C)Cc2ccccc2OC)c1C. The Morgan fingerprint density at radius 3 is 2.52 bits per heavy atom. The van der Waals surface area contributed by atoms with E-state index in [0.29, 0.717) is 35.7 Å². The Morgan fingerprint density at radius 2 is 1.89 bits per heavy atom. The van der Waals surface area contributed by atoms with E-state index in [1.165, 1.54) is 0 Å². The zero-order chi connectivity index (χ0) is 20.1. The first kappa shape index (κ1) is 20.7. The second-order valence-electron chi connectivity index (χ2n) is 6.61. The lowest BCUT2D eigenvalue weighted by molar-refractivity contribution is 0.0525. The first-order chi connectivity index (χ1) is 12.8. The van der Waals surface area contributed by atoms with Gasteiger partial charge < -0.3 is 14.5 Å². The van der Waals surface area contributed by atoms with Gasteiger partial charge in [0, 0.05) is 17.8 Å². The van der Waals surface area contributed by atoms with Crippen LogP contribution in [0.3, 0.4) is 0 Å². The van der Waals surface area contributed by atoms with E-state index in [0.717, 1.165) is 11.3 Å². The third-order valence-corrected chi connectivity index (χ3v) is 4.82. The summed E-state index contributed by atoms with van der Waals surface area (Å²) >= 11 is 0. The number of nitrogens with one attached hydrogen (secondary N) is 1. The number of benzene rings is 1.